The van der Waals surface area contributed by atoms with Gasteiger partial charge in [0.1, 0.15) is 0 Å². The summed E-state index contributed by atoms with van der Waals surface area (Å²) in [6.45, 7) is 1.89. The molecule has 17 heavy (non-hydrogen) atoms. The fourth-order valence-electron chi connectivity index (χ4n) is 1.58. The second-order valence-electron chi connectivity index (χ2n) is 3.73. The van der Waals surface area contributed by atoms with Crippen molar-refractivity contribution < 1.29 is 0 Å². The normalized spacial score (nSPS) is 10.3. The van der Waals surface area contributed by atoms with Gasteiger partial charge >= 0.3 is 0 Å². The summed E-state index contributed by atoms with van der Waals surface area (Å²) in [5, 5.41) is 1.29. The molecule has 0 aromatic heterocycles. The first-order valence-corrected chi connectivity index (χ1v) is 6.32. The predicted octanol–water partition coefficient (Wildman–Crippen LogP) is 5.07. The predicted molar refractivity (Wildman–Crippen MR) is 78.4 cm³/mol. The molecule has 0 unspecified atom stereocenters. The molecule has 2 aromatic carbocycles. The van der Waals surface area contributed by atoms with E-state index in [1.165, 1.54) is 0 Å². The molecular formula is C14H10Cl2S. The van der Waals surface area contributed by atoms with E-state index < -0.39 is 0 Å². The summed E-state index contributed by atoms with van der Waals surface area (Å²) in [6, 6.07) is 13.5. The molecule has 0 N–H and O–H groups in total. The highest BCUT2D eigenvalue weighted by atomic mass is 35.5. The molecule has 0 atom stereocenters. The summed E-state index contributed by atoms with van der Waals surface area (Å²) in [6.07, 6.45) is 0. The van der Waals surface area contributed by atoms with Crippen LogP contribution in [0.4, 0.5) is 0 Å². The molecule has 0 aliphatic rings. The van der Waals surface area contributed by atoms with Gasteiger partial charge in [0.25, 0.3) is 0 Å². The lowest BCUT2D eigenvalue weighted by molar-refractivity contribution is 1.46. The summed E-state index contributed by atoms with van der Waals surface area (Å²) in [4.78, 5) is 0.746. The van der Waals surface area contributed by atoms with Gasteiger partial charge in [-0.2, -0.15) is 0 Å². The molecule has 2 rings (SSSR count). The fraction of sp³-hybridized carbons (Fsp3) is 0.0714. The molecule has 0 fully saturated rings. The van der Waals surface area contributed by atoms with Gasteiger partial charge < -0.3 is 0 Å². The molecule has 0 nitrogen and oxygen atoms in total. The molecule has 0 bridgehead atoms. The van der Waals surface area contributed by atoms with Crippen LogP contribution in [0.3, 0.4) is 0 Å². The van der Waals surface area contributed by atoms with Gasteiger partial charge in [0.05, 0.1) is 9.89 Å². The third-order valence-corrected chi connectivity index (χ3v) is 3.95. The van der Waals surface area contributed by atoms with E-state index in [0.29, 0.717) is 10.0 Å². The van der Waals surface area contributed by atoms with Gasteiger partial charge in [0.2, 0.25) is 0 Å². The molecule has 0 aliphatic heterocycles. The van der Waals surface area contributed by atoms with Gasteiger partial charge in [-0.1, -0.05) is 71.8 Å². The van der Waals surface area contributed by atoms with Gasteiger partial charge in [-0.15, -0.1) is 0 Å². The highest BCUT2D eigenvalue weighted by Crippen LogP contribution is 2.29. The molecule has 0 amide bonds. The Morgan fingerprint density at radius 3 is 2.29 bits per heavy atom. The maximum Gasteiger partial charge on any atom is 0.0537 e. The first kappa shape index (κ1) is 12.6. The Kier molecular flexibility index (Phi) is 3.82. The average Bonchev–Trinajstić information content (AvgIpc) is 2.36. The van der Waals surface area contributed by atoms with E-state index in [2.05, 4.69) is 0 Å². The van der Waals surface area contributed by atoms with Crippen molar-refractivity contribution in [2.45, 2.75) is 6.92 Å². The second-order valence-corrected chi connectivity index (χ2v) is 4.92. The number of benzene rings is 2. The molecule has 0 saturated heterocycles. The van der Waals surface area contributed by atoms with Gasteiger partial charge in [0, 0.05) is 10.6 Å². The van der Waals surface area contributed by atoms with Crippen LogP contribution >= 0.6 is 35.4 Å². The molecule has 0 saturated carbocycles. The molecule has 0 spiro atoms. The van der Waals surface area contributed by atoms with Crippen molar-refractivity contribution in [2.75, 3.05) is 0 Å². The van der Waals surface area contributed by atoms with Gasteiger partial charge in [0.15, 0.2) is 0 Å². The summed E-state index contributed by atoms with van der Waals surface area (Å²) < 4.78 is 0. The lowest BCUT2D eigenvalue weighted by Gasteiger charge is -2.09. The van der Waals surface area contributed by atoms with Gasteiger partial charge in [-0.25, -0.2) is 0 Å². The average molecular weight is 281 g/mol. The SMILES string of the molecule is Cc1c(Cl)ccc(C(=S)c2ccccc2)c1Cl. The molecule has 2 aromatic rings. The molecule has 0 aliphatic carbocycles. The standard InChI is InChI=1S/C14H10Cl2S/c1-9-12(15)8-7-11(13(9)16)14(17)10-5-3-2-4-6-10/h2-8H,1H3. The highest BCUT2D eigenvalue weighted by Gasteiger charge is 2.12. The first-order valence-electron chi connectivity index (χ1n) is 5.15. The third kappa shape index (κ3) is 2.52. The van der Waals surface area contributed by atoms with Crippen LogP contribution in [0.25, 0.3) is 0 Å². The lowest BCUT2D eigenvalue weighted by Crippen LogP contribution is -2.01. The summed E-state index contributed by atoms with van der Waals surface area (Å²) in [7, 11) is 0. The van der Waals surface area contributed by atoms with E-state index in [1.54, 1.807) is 0 Å². The molecule has 86 valence electrons. The zero-order chi connectivity index (χ0) is 12.4. The smallest absolute Gasteiger partial charge is 0.0537 e. The van der Waals surface area contributed by atoms with Crippen molar-refractivity contribution in [3.05, 3.63) is 69.2 Å². The fourth-order valence-corrected chi connectivity index (χ4v) is 2.41. The van der Waals surface area contributed by atoms with E-state index >= 15 is 0 Å². The lowest BCUT2D eigenvalue weighted by atomic mass is 10.0. The Hall–Kier alpha value is -0.890. The van der Waals surface area contributed by atoms with Crippen LogP contribution in [-0.4, -0.2) is 4.86 Å². The Balaban J connectivity index is 2.49. The Morgan fingerprint density at radius 2 is 1.65 bits per heavy atom. The van der Waals surface area contributed by atoms with Crippen molar-refractivity contribution in [1.29, 1.82) is 0 Å². The van der Waals surface area contributed by atoms with Gasteiger partial charge in [-0.05, 0) is 24.1 Å². The maximum atomic E-state index is 6.27. The van der Waals surface area contributed by atoms with Crippen molar-refractivity contribution >= 4 is 40.3 Å². The Labute approximate surface area is 116 Å². The zero-order valence-corrected chi connectivity index (χ0v) is 11.5. The third-order valence-electron chi connectivity index (χ3n) is 2.60. The van der Waals surface area contributed by atoms with E-state index in [4.69, 9.17) is 35.4 Å². The molecule has 3 heteroatoms. The quantitative estimate of drug-likeness (QED) is 0.547. The van der Waals surface area contributed by atoms with Crippen molar-refractivity contribution in [2.24, 2.45) is 0 Å². The largest absolute Gasteiger partial charge is 0.0840 e. The number of rotatable bonds is 2. The monoisotopic (exact) mass is 280 g/mol. The number of hydrogen-bond acceptors (Lipinski definition) is 1. The van der Waals surface area contributed by atoms with E-state index in [0.717, 1.165) is 21.6 Å². The van der Waals surface area contributed by atoms with E-state index in [9.17, 15) is 0 Å². The van der Waals surface area contributed by atoms with Crippen LogP contribution in [0.2, 0.25) is 10.0 Å². The summed E-state index contributed by atoms with van der Waals surface area (Å²) >= 11 is 17.7. The van der Waals surface area contributed by atoms with Crippen molar-refractivity contribution in [3.63, 3.8) is 0 Å². The molecular weight excluding hydrogens is 271 g/mol. The number of hydrogen-bond donors (Lipinski definition) is 0. The molecule has 0 radical (unpaired) electrons. The van der Waals surface area contributed by atoms with Crippen LogP contribution in [-0.2, 0) is 0 Å². The minimum Gasteiger partial charge on any atom is -0.0840 e. The van der Waals surface area contributed by atoms with Crippen LogP contribution in [0.15, 0.2) is 42.5 Å². The van der Waals surface area contributed by atoms with Gasteiger partial charge in [-0.3, -0.25) is 0 Å². The summed E-state index contributed by atoms with van der Waals surface area (Å²) in [5.41, 5.74) is 2.71. The van der Waals surface area contributed by atoms with Crippen LogP contribution in [0.1, 0.15) is 16.7 Å². The zero-order valence-electron chi connectivity index (χ0n) is 9.21. The second kappa shape index (κ2) is 5.18. The topological polar surface area (TPSA) is 0 Å². The van der Waals surface area contributed by atoms with Crippen LogP contribution in [0.5, 0.6) is 0 Å². The molecule has 0 heterocycles. The number of thiocarbonyl (C=S) groups is 1. The van der Waals surface area contributed by atoms with Crippen LogP contribution in [0, 0.1) is 6.92 Å². The van der Waals surface area contributed by atoms with Crippen molar-refractivity contribution in [3.8, 4) is 0 Å². The first-order chi connectivity index (χ1) is 8.11. The van der Waals surface area contributed by atoms with Crippen LogP contribution < -0.4 is 0 Å². The van der Waals surface area contributed by atoms with Crippen molar-refractivity contribution in [1.82, 2.24) is 0 Å². The Bertz CT molecular complexity index is 562. The minimum atomic E-state index is 0.631. The van der Waals surface area contributed by atoms with E-state index in [1.807, 2.05) is 49.4 Å². The maximum absolute atomic E-state index is 6.27. The highest BCUT2D eigenvalue weighted by molar-refractivity contribution is 7.81. The van der Waals surface area contributed by atoms with E-state index in [-0.39, 0.29) is 0 Å². The Morgan fingerprint density at radius 1 is 1.00 bits per heavy atom. The number of halogens is 2. The summed E-state index contributed by atoms with van der Waals surface area (Å²) in [5.74, 6) is 0. The minimum absolute atomic E-state index is 0.631.